The molecule has 2 aromatic carbocycles. The molecule has 5 rings (SSSR count). The van der Waals surface area contributed by atoms with Crippen LogP contribution in [-0.4, -0.2) is 21.5 Å². The highest BCUT2D eigenvalue weighted by Crippen LogP contribution is 2.39. The third kappa shape index (κ3) is 4.47. The Morgan fingerprint density at radius 3 is 2.10 bits per heavy atom. The summed E-state index contributed by atoms with van der Waals surface area (Å²) in [4.78, 5) is 26.2. The summed E-state index contributed by atoms with van der Waals surface area (Å²) < 4.78 is 37.3. The summed E-state index contributed by atoms with van der Waals surface area (Å²) in [7, 11) is -1.09. The summed E-state index contributed by atoms with van der Waals surface area (Å²) >= 11 is 6.52. The van der Waals surface area contributed by atoms with Crippen LogP contribution in [0.15, 0.2) is 81.5 Å². The summed E-state index contributed by atoms with van der Waals surface area (Å²) in [5.74, 6) is 0.996. The van der Waals surface area contributed by atoms with Crippen LogP contribution in [-0.2, 0) is 24.1 Å². The van der Waals surface area contributed by atoms with E-state index >= 15 is 0 Å². The Morgan fingerprint density at radius 1 is 0.821 bits per heavy atom. The predicted molar refractivity (Wildman–Crippen MR) is 153 cm³/mol. The van der Waals surface area contributed by atoms with Gasteiger partial charge in [-0.25, -0.2) is 12.4 Å². The Kier molecular flexibility index (Phi) is 6.52. The Balaban J connectivity index is 1.82. The normalized spacial score (nSPS) is 11.7. The van der Waals surface area contributed by atoms with Gasteiger partial charge in [-0.05, 0) is 50.1 Å². The van der Waals surface area contributed by atoms with Gasteiger partial charge in [-0.1, -0.05) is 47.5 Å². The van der Waals surface area contributed by atoms with Crippen molar-refractivity contribution >= 4 is 32.5 Å². The zero-order chi connectivity index (χ0) is 28.2. The summed E-state index contributed by atoms with van der Waals surface area (Å²) in [5, 5.41) is 0.120. The maximum Gasteiger partial charge on any atom is 0.275 e. The van der Waals surface area contributed by atoms with Gasteiger partial charge in [0.25, 0.3) is 21.1 Å². The Hall–Kier alpha value is -4.08. The monoisotopic (exact) mass is 563 g/mol. The van der Waals surface area contributed by atoms with Crippen molar-refractivity contribution in [1.82, 2.24) is 13.1 Å². The molecule has 0 amide bonds. The minimum absolute atomic E-state index is 0.00686. The van der Waals surface area contributed by atoms with Crippen molar-refractivity contribution in [2.24, 2.45) is 14.1 Å². The number of hydrogen-bond acceptors (Lipinski definition) is 5. The fourth-order valence-corrected chi connectivity index (χ4v) is 6.45. The van der Waals surface area contributed by atoms with Gasteiger partial charge < -0.3 is 13.9 Å². The van der Waals surface area contributed by atoms with Crippen LogP contribution < -0.4 is 15.9 Å². The van der Waals surface area contributed by atoms with E-state index in [0.29, 0.717) is 22.6 Å². The van der Waals surface area contributed by atoms with E-state index < -0.39 is 15.6 Å². The molecular weight excluding hydrogens is 538 g/mol. The number of benzene rings is 2. The van der Waals surface area contributed by atoms with E-state index in [1.807, 2.05) is 39.0 Å². The first kappa shape index (κ1) is 26.5. The van der Waals surface area contributed by atoms with Crippen molar-refractivity contribution in [1.29, 1.82) is 0 Å². The maximum absolute atomic E-state index is 13.7. The van der Waals surface area contributed by atoms with Gasteiger partial charge in [0.15, 0.2) is 5.75 Å². The number of aromatic nitrogens is 3. The quantitative estimate of drug-likeness (QED) is 0.289. The van der Waals surface area contributed by atoms with Crippen LogP contribution in [0, 0.1) is 20.8 Å². The molecule has 3 heterocycles. The number of para-hydroxylation sites is 1. The molecule has 39 heavy (non-hydrogen) atoms. The van der Waals surface area contributed by atoms with Crippen LogP contribution in [0.3, 0.4) is 0 Å². The molecule has 200 valence electrons. The van der Waals surface area contributed by atoms with Crippen molar-refractivity contribution in [2.75, 3.05) is 0 Å². The summed E-state index contributed by atoms with van der Waals surface area (Å²) in [6, 6.07) is 14.9. The van der Waals surface area contributed by atoms with Gasteiger partial charge in [-0.15, -0.1) is 0 Å². The molecule has 5 aromatic rings. The average molecular weight is 564 g/mol. The lowest BCUT2D eigenvalue weighted by molar-refractivity contribution is 0.470. The molecule has 0 aliphatic rings. The van der Waals surface area contributed by atoms with Crippen LogP contribution in [0.4, 0.5) is 0 Å². The van der Waals surface area contributed by atoms with Crippen molar-refractivity contribution in [3.8, 4) is 22.6 Å². The highest BCUT2D eigenvalue weighted by atomic mass is 35.5. The predicted octanol–water partition coefficient (Wildman–Crippen LogP) is 5.31. The van der Waals surface area contributed by atoms with Crippen LogP contribution in [0.1, 0.15) is 16.7 Å². The molecule has 0 aliphatic heterocycles. The molecule has 8 nitrogen and oxygen atoms in total. The van der Waals surface area contributed by atoms with E-state index in [1.54, 1.807) is 31.6 Å². The minimum Gasteiger partial charge on any atom is -0.455 e. The minimum atomic E-state index is -4.22. The molecule has 0 unspecified atom stereocenters. The van der Waals surface area contributed by atoms with Crippen molar-refractivity contribution in [2.45, 2.75) is 25.7 Å². The smallest absolute Gasteiger partial charge is 0.275 e. The van der Waals surface area contributed by atoms with Crippen molar-refractivity contribution in [3.63, 3.8) is 0 Å². The second kappa shape index (κ2) is 9.59. The van der Waals surface area contributed by atoms with Crippen molar-refractivity contribution in [3.05, 3.63) is 110 Å². The number of rotatable bonds is 5. The molecule has 0 bridgehead atoms. The van der Waals surface area contributed by atoms with Gasteiger partial charge in [0.05, 0.1) is 11.1 Å². The maximum atomic E-state index is 13.7. The summed E-state index contributed by atoms with van der Waals surface area (Å²) in [5.41, 5.74) is 2.51. The molecule has 10 heteroatoms. The summed E-state index contributed by atoms with van der Waals surface area (Å²) in [6.07, 6.45) is 3.12. The van der Waals surface area contributed by atoms with Gasteiger partial charge >= 0.3 is 0 Å². The van der Waals surface area contributed by atoms with Gasteiger partial charge in [0.2, 0.25) is 0 Å². The van der Waals surface area contributed by atoms with E-state index in [4.69, 9.17) is 16.3 Å². The van der Waals surface area contributed by atoms with Crippen LogP contribution in [0.2, 0.25) is 5.15 Å². The number of aryl methyl sites for hydroxylation is 5. The molecule has 0 radical (unpaired) electrons. The number of halogens is 1. The molecule has 0 atom stereocenters. The number of nitrogens with zero attached hydrogens (tertiary/aromatic N) is 3. The standard InChI is InChI=1S/C29H26ClN3O5S/c1-17-9-11-20(12-10-17)39(36,37)33-25(30)13-22-23(15-32(5)29(35)27(22)33)21-14-26(34)31(4)16-24(21)38-28-18(2)7-6-8-19(28)3/h6-16H,1-5H3. The lowest BCUT2D eigenvalue weighted by atomic mass is 10.0. The van der Waals surface area contributed by atoms with Crippen LogP contribution in [0.25, 0.3) is 22.0 Å². The zero-order valence-corrected chi connectivity index (χ0v) is 23.6. The Morgan fingerprint density at radius 2 is 1.46 bits per heavy atom. The van der Waals surface area contributed by atoms with Gasteiger partial charge in [0, 0.05) is 42.9 Å². The topological polar surface area (TPSA) is 92.3 Å². The van der Waals surface area contributed by atoms with Gasteiger partial charge in [0.1, 0.15) is 16.4 Å². The number of hydrogen-bond donors (Lipinski definition) is 0. The second-order valence-corrected chi connectivity index (χ2v) is 11.8. The first-order valence-electron chi connectivity index (χ1n) is 12.1. The molecule has 0 N–H and O–H groups in total. The fourth-order valence-electron chi connectivity index (χ4n) is 4.59. The third-order valence-corrected chi connectivity index (χ3v) is 8.82. The first-order valence-corrected chi connectivity index (χ1v) is 13.9. The molecule has 0 aliphatic carbocycles. The molecule has 3 aromatic heterocycles. The van der Waals surface area contributed by atoms with E-state index in [1.165, 1.54) is 40.4 Å². The number of ether oxygens (including phenoxy) is 1. The van der Waals surface area contributed by atoms with E-state index in [2.05, 4.69) is 0 Å². The Bertz CT molecular complexity index is 1980. The van der Waals surface area contributed by atoms with Crippen LogP contribution >= 0.6 is 11.6 Å². The molecule has 0 saturated carbocycles. The highest BCUT2D eigenvalue weighted by molar-refractivity contribution is 7.90. The molecule has 0 saturated heterocycles. The van der Waals surface area contributed by atoms with E-state index in [9.17, 15) is 18.0 Å². The lowest BCUT2D eigenvalue weighted by Gasteiger charge is -2.17. The zero-order valence-electron chi connectivity index (χ0n) is 22.0. The molecule has 0 spiro atoms. The molecular formula is C29H26ClN3O5S. The number of fused-ring (bicyclic) bond motifs is 1. The third-order valence-electron chi connectivity index (χ3n) is 6.71. The average Bonchev–Trinajstić information content (AvgIpc) is 3.24. The second-order valence-electron chi connectivity index (χ2n) is 9.59. The highest BCUT2D eigenvalue weighted by Gasteiger charge is 2.27. The van der Waals surface area contributed by atoms with E-state index in [-0.39, 0.29) is 26.5 Å². The fraction of sp³-hybridized carbons (Fsp3) is 0.172. The van der Waals surface area contributed by atoms with Gasteiger partial charge in [-0.3, -0.25) is 9.59 Å². The Labute approximate surface area is 230 Å². The van der Waals surface area contributed by atoms with Crippen molar-refractivity contribution < 1.29 is 13.2 Å². The summed E-state index contributed by atoms with van der Waals surface area (Å²) in [6.45, 7) is 5.69. The number of pyridine rings is 2. The first-order chi connectivity index (χ1) is 18.4. The van der Waals surface area contributed by atoms with Crippen LogP contribution in [0.5, 0.6) is 11.5 Å². The van der Waals surface area contributed by atoms with Gasteiger partial charge in [-0.2, -0.15) is 0 Å². The molecule has 0 fully saturated rings. The lowest BCUT2D eigenvalue weighted by Crippen LogP contribution is -2.23. The van der Waals surface area contributed by atoms with E-state index in [0.717, 1.165) is 20.7 Å². The SMILES string of the molecule is Cc1ccc(S(=O)(=O)n2c(Cl)cc3c(-c4cc(=O)n(C)cc4Oc4c(C)cccc4C)cn(C)c(=O)c32)cc1. The largest absolute Gasteiger partial charge is 0.455 e.